The van der Waals surface area contributed by atoms with Crippen LogP contribution in [0, 0.1) is 5.92 Å². The monoisotopic (exact) mass is 325 g/mol. The highest BCUT2D eigenvalue weighted by Gasteiger charge is 2.35. The van der Waals surface area contributed by atoms with Crippen molar-refractivity contribution in [2.45, 2.75) is 25.8 Å². The molecule has 1 aromatic carbocycles. The lowest BCUT2D eigenvalue weighted by Gasteiger charge is -2.37. The first-order valence-electron chi connectivity index (χ1n) is 8.78. The van der Waals surface area contributed by atoms with Gasteiger partial charge >= 0.3 is 0 Å². The van der Waals surface area contributed by atoms with Crippen molar-refractivity contribution in [3.05, 3.63) is 36.0 Å². The smallest absolute Gasteiger partial charge is 0.225 e. The van der Waals surface area contributed by atoms with Crippen LogP contribution in [-0.2, 0) is 4.79 Å². The van der Waals surface area contributed by atoms with Crippen molar-refractivity contribution in [3.63, 3.8) is 0 Å². The van der Waals surface area contributed by atoms with E-state index in [-0.39, 0.29) is 17.7 Å². The fraction of sp³-hybridized carbons (Fsp3) is 0.474. The van der Waals surface area contributed by atoms with Gasteiger partial charge in [0.1, 0.15) is 0 Å². The van der Waals surface area contributed by atoms with Gasteiger partial charge in [-0.15, -0.1) is 0 Å². The molecule has 4 rings (SSSR count). The van der Waals surface area contributed by atoms with Gasteiger partial charge in [-0.25, -0.2) is 0 Å². The van der Waals surface area contributed by atoms with Crippen LogP contribution in [0.25, 0.3) is 10.9 Å². The molecule has 1 aliphatic heterocycles. The van der Waals surface area contributed by atoms with E-state index in [9.17, 15) is 9.59 Å². The lowest BCUT2D eigenvalue weighted by molar-refractivity contribution is -0.134. The molecule has 0 spiro atoms. The predicted octanol–water partition coefficient (Wildman–Crippen LogP) is 2.29. The highest BCUT2D eigenvalue weighted by Crippen LogP contribution is 2.31. The minimum Gasteiger partial charge on any atom is -0.360 e. The first-order valence-corrected chi connectivity index (χ1v) is 8.78. The Bertz CT molecular complexity index is 770. The van der Waals surface area contributed by atoms with Crippen LogP contribution < -0.4 is 0 Å². The predicted molar refractivity (Wildman–Crippen MR) is 93.0 cm³/mol. The molecule has 2 heterocycles. The molecule has 1 unspecified atom stereocenters. The molecular weight excluding hydrogens is 302 g/mol. The van der Waals surface area contributed by atoms with Crippen LogP contribution in [0.5, 0.6) is 0 Å². The van der Waals surface area contributed by atoms with Gasteiger partial charge in [0.25, 0.3) is 0 Å². The van der Waals surface area contributed by atoms with Crippen molar-refractivity contribution in [1.29, 1.82) is 0 Å². The van der Waals surface area contributed by atoms with Crippen LogP contribution in [0.2, 0.25) is 0 Å². The number of benzene rings is 1. The van der Waals surface area contributed by atoms with E-state index in [0.29, 0.717) is 5.91 Å². The second kappa shape index (κ2) is 6.06. The summed E-state index contributed by atoms with van der Waals surface area (Å²) in [7, 11) is 0. The second-order valence-electron chi connectivity index (χ2n) is 6.92. The third-order valence-electron chi connectivity index (χ3n) is 5.33. The first-order chi connectivity index (χ1) is 11.6. The number of nitrogens with zero attached hydrogens (tertiary/aromatic N) is 2. The van der Waals surface area contributed by atoms with Gasteiger partial charge in [-0.3, -0.25) is 14.5 Å². The summed E-state index contributed by atoms with van der Waals surface area (Å²) >= 11 is 0. The molecular formula is C19H23N3O2. The summed E-state index contributed by atoms with van der Waals surface area (Å²) in [6.45, 7) is 4.99. The molecule has 126 valence electrons. The Labute approximate surface area is 141 Å². The molecule has 1 amide bonds. The number of piperazine rings is 1. The lowest BCUT2D eigenvalue weighted by atomic mass is 10.0. The fourth-order valence-electron chi connectivity index (χ4n) is 3.58. The van der Waals surface area contributed by atoms with Gasteiger partial charge in [0.2, 0.25) is 5.91 Å². The molecule has 0 bridgehead atoms. The summed E-state index contributed by atoms with van der Waals surface area (Å²) in [6, 6.07) is 7.73. The van der Waals surface area contributed by atoms with Crippen LogP contribution >= 0.6 is 0 Å². The summed E-state index contributed by atoms with van der Waals surface area (Å²) in [4.78, 5) is 32.4. The van der Waals surface area contributed by atoms with Gasteiger partial charge in [0.15, 0.2) is 5.78 Å². The van der Waals surface area contributed by atoms with Gasteiger partial charge in [-0.2, -0.15) is 0 Å². The lowest BCUT2D eigenvalue weighted by Crippen LogP contribution is -2.53. The largest absolute Gasteiger partial charge is 0.360 e. The molecule has 1 saturated carbocycles. The number of aromatic nitrogens is 1. The van der Waals surface area contributed by atoms with Gasteiger partial charge < -0.3 is 9.88 Å². The summed E-state index contributed by atoms with van der Waals surface area (Å²) in [5.74, 6) is 0.738. The Morgan fingerprint density at radius 2 is 1.83 bits per heavy atom. The highest BCUT2D eigenvalue weighted by molar-refractivity contribution is 6.10. The third kappa shape index (κ3) is 2.73. The Morgan fingerprint density at radius 1 is 1.12 bits per heavy atom. The average Bonchev–Trinajstić information content (AvgIpc) is 3.39. The molecule has 1 saturated heterocycles. The zero-order valence-corrected chi connectivity index (χ0v) is 14.0. The number of Topliss-reactive ketones (excluding diaryl/α,β-unsaturated/α-hetero) is 1. The SMILES string of the molecule is CC(C(=O)c1c[nH]c2ccccc12)N1CCN(C(=O)C2CC2)CC1. The van der Waals surface area contributed by atoms with E-state index in [1.807, 2.05) is 42.3 Å². The maximum atomic E-state index is 12.9. The third-order valence-corrected chi connectivity index (χ3v) is 5.33. The molecule has 0 radical (unpaired) electrons. The minimum absolute atomic E-state index is 0.148. The van der Waals surface area contributed by atoms with Crippen molar-refractivity contribution in [2.75, 3.05) is 26.2 Å². The number of ketones is 1. The molecule has 1 N–H and O–H groups in total. The maximum absolute atomic E-state index is 12.9. The second-order valence-corrected chi connectivity index (χ2v) is 6.92. The summed E-state index contributed by atoms with van der Waals surface area (Å²) < 4.78 is 0. The normalized spacial score (nSPS) is 20.3. The molecule has 2 aromatic rings. The number of amides is 1. The van der Waals surface area contributed by atoms with E-state index in [1.54, 1.807) is 0 Å². The number of hydrogen-bond donors (Lipinski definition) is 1. The van der Waals surface area contributed by atoms with E-state index in [0.717, 1.165) is 55.5 Å². The van der Waals surface area contributed by atoms with E-state index >= 15 is 0 Å². The molecule has 2 aliphatic rings. The van der Waals surface area contributed by atoms with Crippen molar-refractivity contribution in [3.8, 4) is 0 Å². The molecule has 2 fully saturated rings. The molecule has 1 aliphatic carbocycles. The van der Waals surface area contributed by atoms with Gasteiger partial charge in [0, 0.05) is 54.8 Å². The number of carbonyl (C=O) groups is 2. The number of aromatic amines is 1. The number of H-pyrrole nitrogens is 1. The highest BCUT2D eigenvalue weighted by atomic mass is 16.2. The van der Waals surface area contributed by atoms with Crippen LogP contribution in [-0.4, -0.2) is 58.7 Å². The van der Waals surface area contributed by atoms with E-state index in [1.165, 1.54) is 0 Å². The van der Waals surface area contributed by atoms with Crippen LogP contribution in [0.4, 0.5) is 0 Å². The van der Waals surface area contributed by atoms with Gasteiger partial charge in [-0.05, 0) is 25.8 Å². The maximum Gasteiger partial charge on any atom is 0.225 e. The minimum atomic E-state index is -0.164. The Balaban J connectivity index is 1.43. The van der Waals surface area contributed by atoms with Crippen molar-refractivity contribution in [2.24, 2.45) is 5.92 Å². The Kier molecular flexibility index (Phi) is 3.88. The fourth-order valence-corrected chi connectivity index (χ4v) is 3.58. The zero-order chi connectivity index (χ0) is 16.7. The standard InChI is InChI=1S/C19H23N3O2/c1-13(18(23)16-12-20-17-5-3-2-4-15(16)17)21-8-10-22(11-9-21)19(24)14-6-7-14/h2-5,12-14,20H,6-11H2,1H3. The van der Waals surface area contributed by atoms with Crippen LogP contribution in [0.15, 0.2) is 30.5 Å². The van der Waals surface area contributed by atoms with Crippen molar-refractivity contribution < 1.29 is 9.59 Å². The number of carbonyl (C=O) groups excluding carboxylic acids is 2. The number of para-hydroxylation sites is 1. The number of rotatable bonds is 4. The topological polar surface area (TPSA) is 56.4 Å². The van der Waals surface area contributed by atoms with E-state index in [4.69, 9.17) is 0 Å². The number of nitrogens with one attached hydrogen (secondary N) is 1. The molecule has 5 nitrogen and oxygen atoms in total. The molecule has 1 atom stereocenters. The quantitative estimate of drug-likeness (QED) is 0.878. The van der Waals surface area contributed by atoms with Crippen molar-refractivity contribution in [1.82, 2.24) is 14.8 Å². The van der Waals surface area contributed by atoms with E-state index < -0.39 is 0 Å². The molecule has 24 heavy (non-hydrogen) atoms. The van der Waals surface area contributed by atoms with Gasteiger partial charge in [-0.1, -0.05) is 18.2 Å². The summed E-state index contributed by atoms with van der Waals surface area (Å²) in [6.07, 6.45) is 3.92. The van der Waals surface area contributed by atoms with Crippen LogP contribution in [0.1, 0.15) is 30.1 Å². The molecule has 5 heteroatoms. The van der Waals surface area contributed by atoms with Gasteiger partial charge in [0.05, 0.1) is 6.04 Å². The summed E-state index contributed by atoms with van der Waals surface area (Å²) in [5.41, 5.74) is 1.75. The number of fused-ring (bicyclic) bond motifs is 1. The average molecular weight is 325 g/mol. The summed E-state index contributed by atoms with van der Waals surface area (Å²) in [5, 5.41) is 0.983. The molecule has 1 aromatic heterocycles. The Hall–Kier alpha value is -2.14. The van der Waals surface area contributed by atoms with Crippen LogP contribution in [0.3, 0.4) is 0 Å². The van der Waals surface area contributed by atoms with Crippen molar-refractivity contribution >= 4 is 22.6 Å². The first kappa shape index (κ1) is 15.4. The Morgan fingerprint density at radius 3 is 2.54 bits per heavy atom. The van der Waals surface area contributed by atoms with E-state index in [2.05, 4.69) is 9.88 Å². The number of hydrogen-bond acceptors (Lipinski definition) is 3. The zero-order valence-electron chi connectivity index (χ0n) is 14.0.